The minimum atomic E-state index is 0.0548. The zero-order valence-corrected chi connectivity index (χ0v) is 10.3. The zero-order valence-electron chi connectivity index (χ0n) is 10.3. The van der Waals surface area contributed by atoms with Gasteiger partial charge in [0.15, 0.2) is 0 Å². The van der Waals surface area contributed by atoms with Gasteiger partial charge in [-0.05, 0) is 17.7 Å². The van der Waals surface area contributed by atoms with E-state index in [1.807, 2.05) is 18.2 Å². The van der Waals surface area contributed by atoms with Gasteiger partial charge in [-0.15, -0.1) is 0 Å². The van der Waals surface area contributed by atoms with Crippen LogP contribution in [0.1, 0.15) is 11.1 Å². The summed E-state index contributed by atoms with van der Waals surface area (Å²) in [5.41, 5.74) is 1.78. The minimum Gasteiger partial charge on any atom is -0.382 e. The average Bonchev–Trinajstić information content (AvgIpc) is 2.38. The molecule has 0 amide bonds. The van der Waals surface area contributed by atoms with E-state index in [-0.39, 0.29) is 6.10 Å². The van der Waals surface area contributed by atoms with Gasteiger partial charge in [0.2, 0.25) is 0 Å². The van der Waals surface area contributed by atoms with Gasteiger partial charge in [-0.1, -0.05) is 12.1 Å². The molecule has 0 aliphatic carbocycles. The molecule has 4 heteroatoms. The second kappa shape index (κ2) is 7.80. The first-order valence-electron chi connectivity index (χ1n) is 5.51. The number of hydrogen-bond acceptors (Lipinski definition) is 4. The molecule has 1 aromatic carbocycles. The number of benzene rings is 1. The molecule has 92 valence electrons. The fourth-order valence-electron chi connectivity index (χ4n) is 1.52. The van der Waals surface area contributed by atoms with Gasteiger partial charge < -0.3 is 14.8 Å². The topological polar surface area (TPSA) is 54.3 Å². The summed E-state index contributed by atoms with van der Waals surface area (Å²) in [5, 5.41) is 12.1. The molecule has 0 fully saturated rings. The van der Waals surface area contributed by atoms with Gasteiger partial charge >= 0.3 is 0 Å². The predicted octanol–water partition coefficient (Wildman–Crippen LogP) is 1.31. The van der Waals surface area contributed by atoms with Crippen molar-refractivity contribution >= 4 is 0 Å². The lowest BCUT2D eigenvalue weighted by atomic mass is 10.1. The third-order valence-corrected chi connectivity index (χ3v) is 2.44. The molecule has 0 aliphatic rings. The molecule has 0 saturated carbocycles. The summed E-state index contributed by atoms with van der Waals surface area (Å²) in [6.45, 7) is 2.02. The molecule has 0 radical (unpaired) electrons. The van der Waals surface area contributed by atoms with Crippen LogP contribution in [0.2, 0.25) is 0 Å². The molecule has 1 atom stereocenters. The van der Waals surface area contributed by atoms with Crippen molar-refractivity contribution in [3.63, 3.8) is 0 Å². The molecule has 1 rings (SSSR count). The molecule has 0 saturated heterocycles. The second-order valence-electron chi connectivity index (χ2n) is 3.76. The third-order valence-electron chi connectivity index (χ3n) is 2.44. The van der Waals surface area contributed by atoms with E-state index in [4.69, 9.17) is 14.7 Å². The fourth-order valence-corrected chi connectivity index (χ4v) is 1.52. The number of nitrogens with zero attached hydrogens (tertiary/aromatic N) is 1. The first kappa shape index (κ1) is 13.7. The molecule has 0 spiro atoms. The quantitative estimate of drug-likeness (QED) is 0.773. The molecule has 1 N–H and O–H groups in total. The Kier molecular flexibility index (Phi) is 6.26. The molecule has 0 aliphatic heterocycles. The Bertz CT molecular complexity index is 374. The highest BCUT2D eigenvalue weighted by atomic mass is 16.5. The van der Waals surface area contributed by atoms with E-state index in [9.17, 15) is 0 Å². The number of rotatable bonds is 7. The summed E-state index contributed by atoms with van der Waals surface area (Å²) < 4.78 is 10.3. The first-order chi connectivity index (χ1) is 8.30. The van der Waals surface area contributed by atoms with Crippen LogP contribution in [0, 0.1) is 11.3 Å². The van der Waals surface area contributed by atoms with Crippen LogP contribution < -0.4 is 5.32 Å². The lowest BCUT2D eigenvalue weighted by Gasteiger charge is -2.15. The Balaban J connectivity index is 2.37. The van der Waals surface area contributed by atoms with Gasteiger partial charge in [0, 0.05) is 27.3 Å². The summed E-state index contributed by atoms with van der Waals surface area (Å²) >= 11 is 0. The molecule has 0 heterocycles. The van der Waals surface area contributed by atoms with E-state index in [0.29, 0.717) is 12.2 Å². The lowest BCUT2D eigenvalue weighted by Crippen LogP contribution is -2.31. The first-order valence-corrected chi connectivity index (χ1v) is 5.51. The van der Waals surface area contributed by atoms with E-state index in [0.717, 1.165) is 18.7 Å². The predicted molar refractivity (Wildman–Crippen MR) is 65.5 cm³/mol. The van der Waals surface area contributed by atoms with Gasteiger partial charge in [-0.25, -0.2) is 0 Å². The van der Waals surface area contributed by atoms with Crippen molar-refractivity contribution in [1.82, 2.24) is 5.32 Å². The average molecular weight is 234 g/mol. The maximum absolute atomic E-state index is 8.78. The van der Waals surface area contributed by atoms with E-state index in [1.165, 1.54) is 0 Å². The Labute approximate surface area is 102 Å². The zero-order chi connectivity index (χ0) is 12.5. The normalized spacial score (nSPS) is 12.1. The number of nitrogens with one attached hydrogen (secondary N) is 1. The Morgan fingerprint density at radius 2 is 2.24 bits per heavy atom. The molecule has 4 nitrogen and oxygen atoms in total. The van der Waals surface area contributed by atoms with Gasteiger partial charge in [-0.2, -0.15) is 5.26 Å². The van der Waals surface area contributed by atoms with Crippen molar-refractivity contribution in [1.29, 1.82) is 5.26 Å². The maximum atomic E-state index is 8.78. The summed E-state index contributed by atoms with van der Waals surface area (Å²) in [6.07, 6.45) is 0.0548. The van der Waals surface area contributed by atoms with Crippen molar-refractivity contribution in [3.8, 4) is 6.07 Å². The van der Waals surface area contributed by atoms with Gasteiger partial charge in [0.05, 0.1) is 24.3 Å². The van der Waals surface area contributed by atoms with Crippen LogP contribution >= 0.6 is 0 Å². The highest BCUT2D eigenvalue weighted by molar-refractivity contribution is 5.32. The number of nitriles is 1. The van der Waals surface area contributed by atoms with Crippen molar-refractivity contribution in [2.75, 3.05) is 27.4 Å². The number of hydrogen-bond donors (Lipinski definition) is 1. The van der Waals surface area contributed by atoms with Crippen LogP contribution in [0.25, 0.3) is 0 Å². The maximum Gasteiger partial charge on any atom is 0.0991 e. The molecule has 1 aromatic rings. The number of ether oxygens (including phenoxy) is 2. The fraction of sp³-hybridized carbons (Fsp3) is 0.462. The standard InChI is InChI=1S/C13H18N2O2/c1-16-10-13(17-2)9-15-8-12-5-3-4-11(6-12)7-14/h3-6,13,15H,8-10H2,1-2H3. The molecular weight excluding hydrogens is 216 g/mol. The molecule has 0 aromatic heterocycles. The van der Waals surface area contributed by atoms with Crippen LogP contribution in [0.3, 0.4) is 0 Å². The molecule has 1 unspecified atom stereocenters. The largest absolute Gasteiger partial charge is 0.382 e. The highest BCUT2D eigenvalue weighted by Crippen LogP contribution is 2.03. The van der Waals surface area contributed by atoms with E-state index >= 15 is 0 Å². The van der Waals surface area contributed by atoms with E-state index in [2.05, 4.69) is 11.4 Å². The van der Waals surface area contributed by atoms with Gasteiger partial charge in [-0.3, -0.25) is 0 Å². The van der Waals surface area contributed by atoms with Crippen LogP contribution in [-0.4, -0.2) is 33.5 Å². The molecule has 0 bridgehead atoms. The lowest BCUT2D eigenvalue weighted by molar-refractivity contribution is 0.0288. The molecule has 17 heavy (non-hydrogen) atoms. The van der Waals surface area contributed by atoms with E-state index in [1.54, 1.807) is 20.3 Å². The summed E-state index contributed by atoms with van der Waals surface area (Å²) in [7, 11) is 3.32. The van der Waals surface area contributed by atoms with Crippen LogP contribution in [-0.2, 0) is 16.0 Å². The van der Waals surface area contributed by atoms with Crippen molar-refractivity contribution in [3.05, 3.63) is 35.4 Å². The van der Waals surface area contributed by atoms with Gasteiger partial charge in [0.1, 0.15) is 0 Å². The Morgan fingerprint density at radius 3 is 2.88 bits per heavy atom. The highest BCUT2D eigenvalue weighted by Gasteiger charge is 2.05. The number of methoxy groups -OCH3 is 2. The SMILES string of the molecule is COCC(CNCc1cccc(C#N)c1)OC. The van der Waals surface area contributed by atoms with Crippen LogP contribution in [0.5, 0.6) is 0 Å². The second-order valence-corrected chi connectivity index (χ2v) is 3.76. The summed E-state index contributed by atoms with van der Waals surface area (Å²) in [5.74, 6) is 0. The minimum absolute atomic E-state index is 0.0548. The smallest absolute Gasteiger partial charge is 0.0991 e. The summed E-state index contributed by atoms with van der Waals surface area (Å²) in [6, 6.07) is 9.68. The Morgan fingerprint density at radius 1 is 1.41 bits per heavy atom. The van der Waals surface area contributed by atoms with Crippen molar-refractivity contribution in [2.45, 2.75) is 12.6 Å². The Hall–Kier alpha value is -1.41. The van der Waals surface area contributed by atoms with Crippen LogP contribution in [0.4, 0.5) is 0 Å². The van der Waals surface area contributed by atoms with Crippen molar-refractivity contribution in [2.24, 2.45) is 0 Å². The monoisotopic (exact) mass is 234 g/mol. The van der Waals surface area contributed by atoms with E-state index < -0.39 is 0 Å². The molecular formula is C13H18N2O2. The third kappa shape index (κ3) is 4.96. The van der Waals surface area contributed by atoms with Crippen molar-refractivity contribution < 1.29 is 9.47 Å². The summed E-state index contributed by atoms with van der Waals surface area (Å²) in [4.78, 5) is 0. The van der Waals surface area contributed by atoms with Crippen LogP contribution in [0.15, 0.2) is 24.3 Å². The van der Waals surface area contributed by atoms with Gasteiger partial charge in [0.25, 0.3) is 0 Å².